The number of aromatic amines is 1. The number of urea groups is 1. The van der Waals surface area contributed by atoms with Gasteiger partial charge in [0.2, 0.25) is 5.95 Å². The average molecular weight is 546 g/mol. The van der Waals surface area contributed by atoms with Gasteiger partial charge in [-0.15, -0.1) is 0 Å². The molecule has 3 amide bonds. The quantitative estimate of drug-likeness (QED) is 0.420. The van der Waals surface area contributed by atoms with Crippen LogP contribution in [-0.4, -0.2) is 64.7 Å². The summed E-state index contributed by atoms with van der Waals surface area (Å²) in [7, 11) is 1.30. The van der Waals surface area contributed by atoms with Crippen molar-refractivity contribution in [3.05, 3.63) is 66.0 Å². The van der Waals surface area contributed by atoms with Crippen molar-refractivity contribution in [2.24, 2.45) is 5.92 Å². The molecule has 1 fully saturated rings. The van der Waals surface area contributed by atoms with Crippen molar-refractivity contribution >= 4 is 29.1 Å². The largest absolute Gasteiger partial charge is 0.491 e. The number of ether oxygens (including phenoxy) is 2. The predicted octanol–water partition coefficient (Wildman–Crippen LogP) is 6.01. The molecule has 6 rings (SSSR count). The highest BCUT2D eigenvalue weighted by atomic mass is 19.1. The number of halogens is 1. The Morgan fingerprint density at radius 2 is 2.00 bits per heavy atom. The molecular formula is C30H32FN5O4. The summed E-state index contributed by atoms with van der Waals surface area (Å²) < 4.78 is 24.3. The van der Waals surface area contributed by atoms with E-state index >= 15 is 0 Å². The van der Waals surface area contributed by atoms with Gasteiger partial charge >= 0.3 is 12.1 Å². The molecule has 2 unspecified atom stereocenters. The zero-order chi connectivity index (χ0) is 27.6. The summed E-state index contributed by atoms with van der Waals surface area (Å²) >= 11 is 0. The molecule has 10 heteroatoms. The normalized spacial score (nSPS) is 20.8. The van der Waals surface area contributed by atoms with Crippen LogP contribution in [-0.2, 0) is 11.3 Å². The third kappa shape index (κ3) is 5.25. The molecule has 3 heterocycles. The van der Waals surface area contributed by atoms with Crippen molar-refractivity contribution < 1.29 is 23.5 Å². The highest BCUT2D eigenvalue weighted by Gasteiger charge is 2.35. The van der Waals surface area contributed by atoms with Crippen molar-refractivity contribution in [2.45, 2.75) is 38.3 Å². The van der Waals surface area contributed by atoms with Crippen LogP contribution in [0.1, 0.15) is 31.2 Å². The average Bonchev–Trinajstić information content (AvgIpc) is 3.25. The lowest BCUT2D eigenvalue weighted by atomic mass is 9.86. The van der Waals surface area contributed by atoms with Crippen molar-refractivity contribution in [1.29, 1.82) is 0 Å². The van der Waals surface area contributed by atoms with E-state index in [0.717, 1.165) is 47.2 Å². The Hall–Kier alpha value is -4.34. The van der Waals surface area contributed by atoms with E-state index in [2.05, 4.69) is 26.1 Å². The van der Waals surface area contributed by atoms with Crippen LogP contribution in [0.2, 0.25) is 0 Å². The number of nitrogens with one attached hydrogen (secondary N) is 2. The number of imidazole rings is 1. The fourth-order valence-electron chi connectivity index (χ4n) is 5.85. The Bertz CT molecular complexity index is 1500. The Balaban J connectivity index is 1.22. The molecule has 1 aromatic heterocycles. The maximum Gasteiger partial charge on any atom is 0.413 e. The lowest BCUT2D eigenvalue weighted by molar-refractivity contribution is 0.0954. The number of hydrogen-bond donors (Lipinski definition) is 2. The number of rotatable bonds is 3. The predicted molar refractivity (Wildman–Crippen MR) is 150 cm³/mol. The molecule has 2 aliphatic heterocycles. The monoisotopic (exact) mass is 545 g/mol. The van der Waals surface area contributed by atoms with Gasteiger partial charge in [-0.1, -0.05) is 18.2 Å². The fraction of sp³-hybridized carbons (Fsp3) is 0.367. The van der Waals surface area contributed by atoms with Crippen molar-refractivity contribution in [2.75, 3.05) is 32.1 Å². The summed E-state index contributed by atoms with van der Waals surface area (Å²) in [6, 6.07) is 11.9. The molecule has 1 saturated heterocycles. The van der Waals surface area contributed by atoms with Crippen LogP contribution in [0.5, 0.6) is 5.75 Å². The standard InChI is InChI=1S/C30H32FN5O4/c1-39-29(37)34-28-32-24-11-7-21(17-25(24)33-28)20-8-12-27-22(16-20)18-35(14-15-40-27)30(38)36-13-3-2-4-26(36)19-5-9-23(31)10-6-19/h5,7-12,16-17,19,26H,2-4,6,13-15,18H2,1H3,(H2,32,33,34,37). The summed E-state index contributed by atoms with van der Waals surface area (Å²) in [4.78, 5) is 36.8. The number of carbonyl (C=O) groups is 2. The number of likely N-dealkylation sites (tertiary alicyclic amines) is 1. The third-order valence-electron chi connectivity index (χ3n) is 7.91. The van der Waals surface area contributed by atoms with Crippen LogP contribution in [0, 0.1) is 5.92 Å². The van der Waals surface area contributed by atoms with Gasteiger partial charge in [-0.3, -0.25) is 5.32 Å². The van der Waals surface area contributed by atoms with Crippen LogP contribution in [0.25, 0.3) is 22.2 Å². The fourth-order valence-corrected chi connectivity index (χ4v) is 5.85. The maximum atomic E-state index is 13.9. The van der Waals surface area contributed by atoms with Gasteiger partial charge in [0, 0.05) is 24.1 Å². The molecule has 0 saturated carbocycles. The molecule has 3 aliphatic rings. The van der Waals surface area contributed by atoms with Crippen LogP contribution < -0.4 is 10.1 Å². The zero-order valence-corrected chi connectivity index (χ0v) is 22.4. The number of piperidine rings is 1. The minimum absolute atomic E-state index is 0.0134. The van der Waals surface area contributed by atoms with E-state index in [0.29, 0.717) is 44.1 Å². The number of fused-ring (bicyclic) bond motifs is 2. The van der Waals surface area contributed by atoms with E-state index in [1.807, 2.05) is 46.2 Å². The molecule has 0 spiro atoms. The summed E-state index contributed by atoms with van der Waals surface area (Å²) in [6.45, 7) is 2.07. The number of methoxy groups -OCH3 is 1. The minimum Gasteiger partial charge on any atom is -0.491 e. The number of aromatic nitrogens is 2. The summed E-state index contributed by atoms with van der Waals surface area (Å²) in [5, 5.41) is 2.55. The van der Waals surface area contributed by atoms with Crippen LogP contribution in [0.15, 0.2) is 60.5 Å². The summed E-state index contributed by atoms with van der Waals surface area (Å²) in [6.07, 6.45) is 8.06. The first-order valence-corrected chi connectivity index (χ1v) is 13.7. The molecule has 9 nitrogen and oxygen atoms in total. The van der Waals surface area contributed by atoms with Crippen molar-refractivity contribution in [3.63, 3.8) is 0 Å². The second-order valence-electron chi connectivity index (χ2n) is 10.4. The van der Waals surface area contributed by atoms with E-state index in [-0.39, 0.29) is 23.8 Å². The first-order valence-electron chi connectivity index (χ1n) is 13.7. The lowest BCUT2D eigenvalue weighted by Crippen LogP contribution is -2.52. The maximum absolute atomic E-state index is 13.9. The van der Waals surface area contributed by atoms with Gasteiger partial charge in [-0.05, 0) is 73.2 Å². The molecule has 208 valence electrons. The lowest BCUT2D eigenvalue weighted by Gasteiger charge is -2.42. The number of amides is 3. The number of carbonyl (C=O) groups excluding carboxylic acids is 2. The van der Waals surface area contributed by atoms with Crippen LogP contribution in [0.4, 0.5) is 19.9 Å². The zero-order valence-electron chi connectivity index (χ0n) is 22.4. The number of benzene rings is 2. The Morgan fingerprint density at radius 3 is 2.83 bits per heavy atom. The number of anilines is 1. The number of hydrogen-bond acceptors (Lipinski definition) is 5. The molecular weight excluding hydrogens is 513 g/mol. The summed E-state index contributed by atoms with van der Waals surface area (Å²) in [5.41, 5.74) is 4.37. The molecule has 2 atom stereocenters. The number of H-pyrrole nitrogens is 1. The van der Waals surface area contributed by atoms with Crippen LogP contribution >= 0.6 is 0 Å². The van der Waals surface area contributed by atoms with E-state index in [1.165, 1.54) is 13.2 Å². The summed E-state index contributed by atoms with van der Waals surface area (Å²) in [5.74, 6) is 1.01. The van der Waals surface area contributed by atoms with Crippen molar-refractivity contribution in [1.82, 2.24) is 19.8 Å². The molecule has 3 aromatic rings. The molecule has 0 bridgehead atoms. The minimum atomic E-state index is -0.596. The van der Waals surface area contributed by atoms with E-state index in [1.54, 1.807) is 6.08 Å². The van der Waals surface area contributed by atoms with Gasteiger partial charge in [-0.2, -0.15) is 0 Å². The second-order valence-corrected chi connectivity index (χ2v) is 10.4. The van der Waals surface area contributed by atoms with E-state index in [9.17, 15) is 14.0 Å². The van der Waals surface area contributed by atoms with Crippen molar-refractivity contribution in [3.8, 4) is 16.9 Å². The SMILES string of the molecule is COC(=O)Nc1nc2ccc(-c3ccc4c(c3)CN(C(=O)N3CCCCC3C3C=CC(F)=CC3)CCO4)cc2[nH]1. The molecule has 40 heavy (non-hydrogen) atoms. The van der Waals surface area contributed by atoms with Gasteiger partial charge in [-0.25, -0.2) is 19.0 Å². The topological polar surface area (TPSA) is 99.8 Å². The Labute approximate surface area is 231 Å². The van der Waals surface area contributed by atoms with Gasteiger partial charge < -0.3 is 24.3 Å². The number of allylic oxidation sites excluding steroid dienone is 3. The van der Waals surface area contributed by atoms with Gasteiger partial charge in [0.1, 0.15) is 18.2 Å². The van der Waals surface area contributed by atoms with E-state index < -0.39 is 6.09 Å². The third-order valence-corrected chi connectivity index (χ3v) is 7.91. The van der Waals surface area contributed by atoms with E-state index in [4.69, 9.17) is 4.74 Å². The van der Waals surface area contributed by atoms with Gasteiger partial charge in [0.25, 0.3) is 0 Å². The highest BCUT2D eigenvalue weighted by Crippen LogP contribution is 2.34. The first-order chi connectivity index (χ1) is 19.5. The molecule has 1 aliphatic carbocycles. The molecule has 2 N–H and O–H groups in total. The molecule has 0 radical (unpaired) electrons. The number of nitrogens with zero attached hydrogens (tertiary/aromatic N) is 3. The smallest absolute Gasteiger partial charge is 0.413 e. The Kier molecular flexibility index (Phi) is 7.15. The van der Waals surface area contributed by atoms with Crippen LogP contribution in [0.3, 0.4) is 0 Å². The molecule has 2 aromatic carbocycles. The van der Waals surface area contributed by atoms with Gasteiger partial charge in [0.15, 0.2) is 0 Å². The van der Waals surface area contributed by atoms with Gasteiger partial charge in [0.05, 0.1) is 31.2 Å². The Morgan fingerprint density at radius 1 is 1.15 bits per heavy atom. The second kappa shape index (κ2) is 11.0. The first kappa shape index (κ1) is 25.9. The highest BCUT2D eigenvalue weighted by molar-refractivity contribution is 5.88.